The van der Waals surface area contributed by atoms with Crippen molar-refractivity contribution in [1.82, 2.24) is 4.98 Å². The van der Waals surface area contributed by atoms with Gasteiger partial charge < -0.3 is 5.32 Å². The number of thiazole rings is 1. The zero-order chi connectivity index (χ0) is 13.2. The molecule has 1 aromatic heterocycles. The summed E-state index contributed by atoms with van der Waals surface area (Å²) < 4.78 is 0. The molecule has 2 rings (SSSR count). The molecule has 0 saturated heterocycles. The average molecular weight is 281 g/mol. The van der Waals surface area contributed by atoms with Gasteiger partial charge in [0.25, 0.3) is 0 Å². The van der Waals surface area contributed by atoms with Crippen molar-refractivity contribution in [3.05, 3.63) is 45.4 Å². The lowest BCUT2D eigenvalue weighted by atomic mass is 9.93. The van der Waals surface area contributed by atoms with Gasteiger partial charge in [-0.1, -0.05) is 44.5 Å². The van der Waals surface area contributed by atoms with Crippen molar-refractivity contribution in [1.29, 1.82) is 0 Å². The van der Waals surface area contributed by atoms with Crippen LogP contribution in [0.25, 0.3) is 0 Å². The predicted molar refractivity (Wildman–Crippen MR) is 79.6 cm³/mol. The molecule has 0 amide bonds. The van der Waals surface area contributed by atoms with E-state index in [-0.39, 0.29) is 5.41 Å². The summed E-state index contributed by atoms with van der Waals surface area (Å²) in [5.41, 5.74) is 2.20. The number of para-hydroxylation sites is 1. The van der Waals surface area contributed by atoms with Crippen molar-refractivity contribution in [3.8, 4) is 0 Å². The first-order chi connectivity index (χ1) is 8.47. The Morgan fingerprint density at radius 2 is 2.00 bits per heavy atom. The molecular formula is C14H17ClN2S. The Hall–Kier alpha value is -1.06. The van der Waals surface area contributed by atoms with Gasteiger partial charge in [0.1, 0.15) is 5.01 Å². The van der Waals surface area contributed by atoms with Crippen LogP contribution in [0.15, 0.2) is 29.6 Å². The summed E-state index contributed by atoms with van der Waals surface area (Å²) in [7, 11) is 0. The van der Waals surface area contributed by atoms with Crippen molar-refractivity contribution in [3.63, 3.8) is 0 Å². The summed E-state index contributed by atoms with van der Waals surface area (Å²) in [6, 6.07) is 7.75. The molecule has 1 aromatic carbocycles. The SMILES string of the molecule is CC(C)(C)c1csc(CNc2ccccc2Cl)n1. The standard InChI is InChI=1S/C14H17ClN2S/c1-14(2,3)12-9-18-13(17-12)8-16-11-7-5-4-6-10(11)15/h4-7,9,16H,8H2,1-3H3. The molecule has 0 aliphatic carbocycles. The summed E-state index contributed by atoms with van der Waals surface area (Å²) in [4.78, 5) is 4.64. The number of aromatic nitrogens is 1. The molecule has 2 aromatic rings. The van der Waals surface area contributed by atoms with Crippen molar-refractivity contribution in [2.24, 2.45) is 0 Å². The largest absolute Gasteiger partial charge is 0.377 e. The minimum atomic E-state index is 0.110. The first-order valence-corrected chi connectivity index (χ1v) is 7.16. The van der Waals surface area contributed by atoms with E-state index in [2.05, 4.69) is 36.5 Å². The van der Waals surface area contributed by atoms with E-state index in [1.54, 1.807) is 11.3 Å². The van der Waals surface area contributed by atoms with Crippen molar-refractivity contribution >= 4 is 28.6 Å². The Bertz CT molecular complexity index is 529. The maximum Gasteiger partial charge on any atom is 0.112 e. The summed E-state index contributed by atoms with van der Waals surface area (Å²) in [5.74, 6) is 0. The van der Waals surface area contributed by atoms with Gasteiger partial charge in [-0.15, -0.1) is 11.3 Å². The molecule has 0 unspecified atom stereocenters. The molecule has 0 aliphatic heterocycles. The molecule has 0 atom stereocenters. The Labute approximate surface area is 117 Å². The van der Waals surface area contributed by atoms with Crippen molar-refractivity contribution < 1.29 is 0 Å². The van der Waals surface area contributed by atoms with Crippen LogP contribution in [0.2, 0.25) is 5.02 Å². The van der Waals surface area contributed by atoms with Crippen LogP contribution in [-0.4, -0.2) is 4.98 Å². The van der Waals surface area contributed by atoms with Crippen LogP contribution in [0.3, 0.4) is 0 Å². The van der Waals surface area contributed by atoms with Crippen molar-refractivity contribution in [2.75, 3.05) is 5.32 Å². The maximum absolute atomic E-state index is 6.09. The lowest BCUT2D eigenvalue weighted by molar-refractivity contribution is 0.571. The number of hydrogen-bond acceptors (Lipinski definition) is 3. The third-order valence-electron chi connectivity index (χ3n) is 2.62. The first-order valence-electron chi connectivity index (χ1n) is 5.90. The molecule has 4 heteroatoms. The minimum Gasteiger partial charge on any atom is -0.377 e. The predicted octanol–water partition coefficient (Wildman–Crippen LogP) is 4.71. The van der Waals surface area contributed by atoms with Gasteiger partial charge in [-0.2, -0.15) is 0 Å². The van der Waals surface area contributed by atoms with Gasteiger partial charge in [0.15, 0.2) is 0 Å². The van der Waals surface area contributed by atoms with E-state index in [4.69, 9.17) is 11.6 Å². The van der Waals surface area contributed by atoms with Crippen LogP contribution in [0.4, 0.5) is 5.69 Å². The van der Waals surface area contributed by atoms with Crippen LogP contribution in [0, 0.1) is 0 Å². The normalized spacial score (nSPS) is 11.6. The highest BCUT2D eigenvalue weighted by molar-refractivity contribution is 7.09. The molecule has 0 fully saturated rings. The molecule has 0 aliphatic rings. The van der Waals surface area contributed by atoms with E-state index in [0.29, 0.717) is 6.54 Å². The summed E-state index contributed by atoms with van der Waals surface area (Å²) in [6.07, 6.45) is 0. The number of hydrogen-bond donors (Lipinski definition) is 1. The lowest BCUT2D eigenvalue weighted by Gasteiger charge is -2.14. The molecule has 0 radical (unpaired) electrons. The number of nitrogens with one attached hydrogen (secondary N) is 1. The van der Waals surface area contributed by atoms with Gasteiger partial charge in [-0.05, 0) is 12.1 Å². The van der Waals surface area contributed by atoms with Gasteiger partial charge in [-0.25, -0.2) is 4.98 Å². The quantitative estimate of drug-likeness (QED) is 0.881. The zero-order valence-electron chi connectivity index (χ0n) is 10.8. The highest BCUT2D eigenvalue weighted by Crippen LogP contribution is 2.25. The number of rotatable bonds is 3. The van der Waals surface area contributed by atoms with Crippen molar-refractivity contribution in [2.45, 2.75) is 32.7 Å². The van der Waals surface area contributed by atoms with Gasteiger partial charge >= 0.3 is 0 Å². The highest BCUT2D eigenvalue weighted by atomic mass is 35.5. The van der Waals surface area contributed by atoms with Crippen LogP contribution in [0.1, 0.15) is 31.5 Å². The topological polar surface area (TPSA) is 24.9 Å². The average Bonchev–Trinajstić information content (AvgIpc) is 2.76. The Kier molecular flexibility index (Phi) is 3.93. The van der Waals surface area contributed by atoms with Gasteiger partial charge in [0.05, 0.1) is 22.9 Å². The molecule has 1 heterocycles. The fourth-order valence-electron chi connectivity index (χ4n) is 1.51. The number of halogens is 1. The Morgan fingerprint density at radius 1 is 1.28 bits per heavy atom. The monoisotopic (exact) mass is 280 g/mol. The van der Waals surface area contributed by atoms with Crippen LogP contribution < -0.4 is 5.32 Å². The molecule has 18 heavy (non-hydrogen) atoms. The maximum atomic E-state index is 6.09. The van der Waals surface area contributed by atoms with E-state index < -0.39 is 0 Å². The second-order valence-electron chi connectivity index (χ2n) is 5.21. The number of nitrogens with zero attached hydrogens (tertiary/aromatic N) is 1. The van der Waals surface area contributed by atoms with Crippen LogP contribution in [0.5, 0.6) is 0 Å². The molecule has 96 valence electrons. The Morgan fingerprint density at radius 3 is 2.61 bits per heavy atom. The summed E-state index contributed by atoms with van der Waals surface area (Å²) in [5, 5.41) is 7.26. The molecule has 0 saturated carbocycles. The molecule has 0 bridgehead atoms. The van der Waals surface area contributed by atoms with E-state index in [1.807, 2.05) is 24.3 Å². The minimum absolute atomic E-state index is 0.110. The number of benzene rings is 1. The zero-order valence-corrected chi connectivity index (χ0v) is 12.4. The summed E-state index contributed by atoms with van der Waals surface area (Å²) >= 11 is 7.77. The summed E-state index contributed by atoms with van der Waals surface area (Å²) in [6.45, 7) is 7.23. The van der Waals surface area contributed by atoms with E-state index >= 15 is 0 Å². The molecule has 1 N–H and O–H groups in total. The lowest BCUT2D eigenvalue weighted by Crippen LogP contribution is -2.11. The Balaban J connectivity index is 2.03. The third kappa shape index (κ3) is 3.24. The first kappa shape index (κ1) is 13.4. The van der Waals surface area contributed by atoms with Gasteiger partial charge in [0, 0.05) is 10.8 Å². The second-order valence-corrected chi connectivity index (χ2v) is 6.56. The molecule has 2 nitrogen and oxygen atoms in total. The van der Waals surface area contributed by atoms with Crippen LogP contribution >= 0.6 is 22.9 Å². The van der Waals surface area contributed by atoms with Crippen LogP contribution in [-0.2, 0) is 12.0 Å². The number of anilines is 1. The third-order valence-corrected chi connectivity index (χ3v) is 3.80. The van der Waals surface area contributed by atoms with E-state index in [0.717, 1.165) is 21.4 Å². The fourth-order valence-corrected chi connectivity index (χ4v) is 2.68. The van der Waals surface area contributed by atoms with E-state index in [9.17, 15) is 0 Å². The van der Waals surface area contributed by atoms with Gasteiger partial charge in [0.2, 0.25) is 0 Å². The molecular weight excluding hydrogens is 264 g/mol. The second kappa shape index (κ2) is 5.29. The fraction of sp³-hybridized carbons (Fsp3) is 0.357. The molecule has 0 spiro atoms. The highest BCUT2D eigenvalue weighted by Gasteiger charge is 2.17. The van der Waals surface area contributed by atoms with E-state index in [1.165, 1.54) is 0 Å². The smallest absolute Gasteiger partial charge is 0.112 e. The van der Waals surface area contributed by atoms with Gasteiger partial charge in [-0.3, -0.25) is 0 Å².